The molecule has 0 bridgehead atoms. The number of carbonyl (C=O) groups is 2. The van der Waals surface area contributed by atoms with Gasteiger partial charge in [-0.3, -0.25) is 9.59 Å². The van der Waals surface area contributed by atoms with Gasteiger partial charge in [0.15, 0.2) is 6.61 Å². The summed E-state index contributed by atoms with van der Waals surface area (Å²) >= 11 is 0. The van der Waals surface area contributed by atoms with Crippen LogP contribution in [0.4, 0.5) is 0 Å². The largest absolute Gasteiger partial charge is 0.483 e. The number of nitrogens with zero attached hydrogens (tertiary/aromatic N) is 1. The van der Waals surface area contributed by atoms with Crippen molar-refractivity contribution in [3.8, 4) is 5.75 Å². The Bertz CT molecular complexity index is 805. The number of aryl methyl sites for hydroxylation is 2. The molecule has 0 saturated carbocycles. The second-order valence-electron chi connectivity index (χ2n) is 7.28. The number of ether oxygens (including phenoxy) is 1. The topological polar surface area (TPSA) is 58.6 Å². The second-order valence-corrected chi connectivity index (χ2v) is 7.28. The number of nitrogens with one attached hydrogen (secondary N) is 1. The SMILES string of the molecule is CCCNC(=O)[C@H](CC)N(Cc1ccccc1)C(=O)COc1ccc(C)cc1C. The number of rotatable bonds is 10. The van der Waals surface area contributed by atoms with Crippen LogP contribution in [0.1, 0.15) is 43.4 Å². The lowest BCUT2D eigenvalue weighted by Gasteiger charge is -2.30. The van der Waals surface area contributed by atoms with Crippen molar-refractivity contribution in [2.45, 2.75) is 53.1 Å². The van der Waals surface area contributed by atoms with E-state index in [1.807, 2.05) is 76.2 Å². The van der Waals surface area contributed by atoms with Crippen molar-refractivity contribution in [1.29, 1.82) is 0 Å². The predicted molar refractivity (Wildman–Crippen MR) is 116 cm³/mol. The van der Waals surface area contributed by atoms with Crippen molar-refractivity contribution in [1.82, 2.24) is 10.2 Å². The van der Waals surface area contributed by atoms with E-state index in [9.17, 15) is 9.59 Å². The number of carbonyl (C=O) groups excluding carboxylic acids is 2. The van der Waals surface area contributed by atoms with Crippen LogP contribution in [-0.4, -0.2) is 35.9 Å². The van der Waals surface area contributed by atoms with E-state index in [-0.39, 0.29) is 18.4 Å². The van der Waals surface area contributed by atoms with E-state index < -0.39 is 6.04 Å². The van der Waals surface area contributed by atoms with E-state index in [0.29, 0.717) is 25.3 Å². The van der Waals surface area contributed by atoms with E-state index >= 15 is 0 Å². The van der Waals surface area contributed by atoms with Crippen LogP contribution < -0.4 is 10.1 Å². The third-order valence-corrected chi connectivity index (χ3v) is 4.81. The molecule has 2 aromatic rings. The van der Waals surface area contributed by atoms with Gasteiger partial charge in [-0.2, -0.15) is 0 Å². The lowest BCUT2D eigenvalue weighted by Crippen LogP contribution is -2.50. The van der Waals surface area contributed by atoms with Crippen LogP contribution in [0.15, 0.2) is 48.5 Å². The molecule has 1 atom stereocenters. The first-order valence-electron chi connectivity index (χ1n) is 10.3. The summed E-state index contributed by atoms with van der Waals surface area (Å²) in [5, 5.41) is 2.92. The van der Waals surface area contributed by atoms with Crippen molar-refractivity contribution in [3.63, 3.8) is 0 Å². The molecule has 0 heterocycles. The Hall–Kier alpha value is -2.82. The summed E-state index contributed by atoms with van der Waals surface area (Å²) < 4.78 is 5.80. The highest BCUT2D eigenvalue weighted by Gasteiger charge is 2.28. The minimum absolute atomic E-state index is 0.103. The van der Waals surface area contributed by atoms with Crippen LogP contribution >= 0.6 is 0 Å². The summed E-state index contributed by atoms with van der Waals surface area (Å²) in [7, 11) is 0. The predicted octanol–water partition coefficient (Wildman–Crippen LogP) is 4.02. The van der Waals surface area contributed by atoms with Gasteiger partial charge in [0, 0.05) is 13.1 Å². The Morgan fingerprint density at radius 3 is 2.41 bits per heavy atom. The van der Waals surface area contributed by atoms with Crippen LogP contribution in [0.5, 0.6) is 5.75 Å². The average Bonchev–Trinajstić information content (AvgIpc) is 2.72. The van der Waals surface area contributed by atoms with Gasteiger partial charge in [0.1, 0.15) is 11.8 Å². The molecule has 0 unspecified atom stereocenters. The molecule has 5 heteroatoms. The molecular weight excluding hydrogens is 364 g/mol. The zero-order chi connectivity index (χ0) is 21.2. The maximum absolute atomic E-state index is 13.1. The van der Waals surface area contributed by atoms with Gasteiger partial charge in [0.05, 0.1) is 0 Å². The first-order valence-corrected chi connectivity index (χ1v) is 10.3. The smallest absolute Gasteiger partial charge is 0.261 e. The molecular formula is C24H32N2O3. The Balaban J connectivity index is 2.17. The fourth-order valence-electron chi connectivity index (χ4n) is 3.25. The van der Waals surface area contributed by atoms with Crippen molar-refractivity contribution in [3.05, 3.63) is 65.2 Å². The quantitative estimate of drug-likeness (QED) is 0.660. The summed E-state index contributed by atoms with van der Waals surface area (Å²) in [5.74, 6) is 0.365. The summed E-state index contributed by atoms with van der Waals surface area (Å²) in [5.41, 5.74) is 3.11. The molecule has 0 fully saturated rings. The van der Waals surface area contributed by atoms with E-state index in [2.05, 4.69) is 5.32 Å². The lowest BCUT2D eigenvalue weighted by molar-refractivity contribution is -0.143. The molecule has 1 N–H and O–H groups in total. The molecule has 0 aliphatic heterocycles. The van der Waals surface area contributed by atoms with Gasteiger partial charge >= 0.3 is 0 Å². The molecule has 29 heavy (non-hydrogen) atoms. The minimum atomic E-state index is -0.531. The first kappa shape index (κ1) is 22.5. The highest BCUT2D eigenvalue weighted by molar-refractivity contribution is 5.88. The van der Waals surface area contributed by atoms with Crippen LogP contribution in [0.3, 0.4) is 0 Å². The monoisotopic (exact) mass is 396 g/mol. The van der Waals surface area contributed by atoms with Crippen molar-refractivity contribution in [2.24, 2.45) is 0 Å². The van der Waals surface area contributed by atoms with Gasteiger partial charge in [-0.05, 0) is 43.9 Å². The Morgan fingerprint density at radius 2 is 1.79 bits per heavy atom. The van der Waals surface area contributed by atoms with E-state index in [1.54, 1.807) is 4.90 Å². The van der Waals surface area contributed by atoms with Crippen LogP contribution in [0.25, 0.3) is 0 Å². The van der Waals surface area contributed by atoms with Gasteiger partial charge in [-0.25, -0.2) is 0 Å². The summed E-state index contributed by atoms with van der Waals surface area (Å²) in [6, 6.07) is 15.1. The van der Waals surface area contributed by atoms with E-state index in [1.165, 1.54) is 0 Å². The fraction of sp³-hybridized carbons (Fsp3) is 0.417. The van der Waals surface area contributed by atoms with Gasteiger partial charge in [-0.1, -0.05) is 61.9 Å². The fourth-order valence-corrected chi connectivity index (χ4v) is 3.25. The Labute approximate surface area is 174 Å². The second kappa shape index (κ2) is 11.2. The molecule has 0 aliphatic rings. The van der Waals surface area contributed by atoms with Crippen molar-refractivity contribution in [2.75, 3.05) is 13.2 Å². The Morgan fingerprint density at radius 1 is 1.07 bits per heavy atom. The third-order valence-electron chi connectivity index (χ3n) is 4.81. The van der Waals surface area contributed by atoms with Gasteiger partial charge in [-0.15, -0.1) is 0 Å². The number of hydrogen-bond acceptors (Lipinski definition) is 3. The molecule has 0 saturated heterocycles. The number of benzene rings is 2. The molecule has 0 aromatic heterocycles. The third kappa shape index (κ3) is 6.63. The van der Waals surface area contributed by atoms with Gasteiger partial charge in [0.2, 0.25) is 5.91 Å². The summed E-state index contributed by atoms with van der Waals surface area (Å²) in [6.07, 6.45) is 1.39. The van der Waals surface area contributed by atoms with Crippen molar-refractivity contribution < 1.29 is 14.3 Å². The molecule has 0 aliphatic carbocycles. The maximum atomic E-state index is 13.1. The average molecular weight is 397 g/mol. The zero-order valence-corrected chi connectivity index (χ0v) is 17.9. The highest BCUT2D eigenvalue weighted by atomic mass is 16.5. The van der Waals surface area contributed by atoms with Crippen LogP contribution in [-0.2, 0) is 16.1 Å². The van der Waals surface area contributed by atoms with Crippen molar-refractivity contribution >= 4 is 11.8 Å². The molecule has 0 spiro atoms. The van der Waals surface area contributed by atoms with E-state index in [0.717, 1.165) is 23.1 Å². The number of hydrogen-bond donors (Lipinski definition) is 1. The molecule has 2 amide bonds. The summed E-state index contributed by atoms with van der Waals surface area (Å²) in [6.45, 7) is 8.77. The zero-order valence-electron chi connectivity index (χ0n) is 17.9. The van der Waals surface area contributed by atoms with E-state index in [4.69, 9.17) is 4.74 Å². The lowest BCUT2D eigenvalue weighted by atomic mass is 10.1. The standard InChI is InChI=1S/C24H32N2O3/c1-5-14-25-24(28)21(6-2)26(16-20-10-8-7-9-11-20)23(27)17-29-22-13-12-18(3)15-19(22)4/h7-13,15,21H,5-6,14,16-17H2,1-4H3,(H,25,28)/t21-/m0/s1. The first-order chi connectivity index (χ1) is 14.0. The Kier molecular flexibility index (Phi) is 8.71. The highest BCUT2D eigenvalue weighted by Crippen LogP contribution is 2.19. The van der Waals surface area contributed by atoms with Gasteiger partial charge in [0.25, 0.3) is 5.91 Å². The molecule has 2 aromatic carbocycles. The molecule has 5 nitrogen and oxygen atoms in total. The summed E-state index contributed by atoms with van der Waals surface area (Å²) in [4.78, 5) is 27.4. The molecule has 2 rings (SSSR count). The molecule has 0 radical (unpaired) electrons. The minimum Gasteiger partial charge on any atom is -0.483 e. The van der Waals surface area contributed by atoms with Gasteiger partial charge < -0.3 is 15.0 Å². The molecule has 156 valence electrons. The normalized spacial score (nSPS) is 11.6. The van der Waals surface area contributed by atoms with Crippen LogP contribution in [0, 0.1) is 13.8 Å². The van der Waals surface area contributed by atoms with Crippen LogP contribution in [0.2, 0.25) is 0 Å². The number of amides is 2. The maximum Gasteiger partial charge on any atom is 0.261 e.